The molecule has 0 radical (unpaired) electrons. The van der Waals surface area contributed by atoms with Crippen molar-refractivity contribution in [2.24, 2.45) is 0 Å². The Labute approximate surface area is 138 Å². The van der Waals surface area contributed by atoms with E-state index in [1.54, 1.807) is 66.2 Å². The van der Waals surface area contributed by atoms with Crippen LogP contribution in [0.4, 0.5) is 0 Å². The number of amides is 1. The highest BCUT2D eigenvalue weighted by atomic mass is 16.4. The number of hydrogen-bond acceptors (Lipinski definition) is 3. The summed E-state index contributed by atoms with van der Waals surface area (Å²) in [6.07, 6.45) is 3.39. The van der Waals surface area contributed by atoms with Crippen LogP contribution in [0.3, 0.4) is 0 Å². The van der Waals surface area contributed by atoms with E-state index < -0.39 is 17.4 Å². The number of fused-ring (bicyclic) bond motifs is 1. The molecule has 1 amide bonds. The third-order valence-corrected chi connectivity index (χ3v) is 4.16. The van der Waals surface area contributed by atoms with Crippen molar-refractivity contribution in [1.29, 1.82) is 0 Å². The highest BCUT2D eigenvalue weighted by Crippen LogP contribution is 2.26. The highest BCUT2D eigenvalue weighted by molar-refractivity contribution is 6.03. The van der Waals surface area contributed by atoms with Gasteiger partial charge >= 0.3 is 5.97 Å². The Balaban J connectivity index is 2.02. The third kappa shape index (κ3) is 2.52. The normalized spacial score (nSPS) is 13.4. The Morgan fingerprint density at radius 3 is 2.54 bits per heavy atom. The van der Waals surface area contributed by atoms with Crippen LogP contribution in [-0.4, -0.2) is 26.6 Å². The largest absolute Gasteiger partial charge is 0.479 e. The summed E-state index contributed by atoms with van der Waals surface area (Å²) < 4.78 is 1.58. The molecule has 2 heterocycles. The van der Waals surface area contributed by atoms with E-state index in [4.69, 9.17) is 0 Å². The first-order chi connectivity index (χ1) is 11.6. The maximum Gasteiger partial charge on any atom is 0.334 e. The average Bonchev–Trinajstić information content (AvgIpc) is 3.04. The number of nitrogens with one attached hydrogen (secondary N) is 1. The molecule has 0 saturated carbocycles. The lowest BCUT2D eigenvalue weighted by Gasteiger charge is -2.29. The van der Waals surface area contributed by atoms with E-state index in [-0.39, 0.29) is 6.42 Å². The fourth-order valence-electron chi connectivity index (χ4n) is 2.79. The molecule has 122 valence electrons. The molecule has 0 bridgehead atoms. The second-order valence-corrected chi connectivity index (χ2v) is 5.47. The molecular weight excluding hydrogens is 306 g/mol. The molecule has 1 atom stereocenters. The number of benzene rings is 1. The first-order valence-electron chi connectivity index (χ1n) is 7.62. The zero-order valence-electron chi connectivity index (χ0n) is 13.1. The van der Waals surface area contributed by atoms with Crippen LogP contribution >= 0.6 is 0 Å². The molecular formula is C18H17N3O3. The van der Waals surface area contributed by atoms with Gasteiger partial charge in [0.05, 0.1) is 17.3 Å². The first-order valence-corrected chi connectivity index (χ1v) is 7.62. The van der Waals surface area contributed by atoms with E-state index in [1.807, 2.05) is 0 Å². The number of pyridine rings is 1. The lowest BCUT2D eigenvalue weighted by molar-refractivity contribution is -0.145. The zero-order valence-corrected chi connectivity index (χ0v) is 13.1. The standard InChI is InChI=1S/C18H17N3O3/c1-2-18(17(23)24,13-8-4-3-5-9-13)20-16(22)14-12-19-21-11-7-6-10-15(14)21/h3-12H,2H2,1H3,(H,20,22)(H,23,24). The molecule has 2 N–H and O–H groups in total. The minimum absolute atomic E-state index is 0.220. The van der Waals surface area contributed by atoms with Crippen LogP contribution in [0.2, 0.25) is 0 Å². The van der Waals surface area contributed by atoms with Crippen LogP contribution in [0, 0.1) is 0 Å². The van der Waals surface area contributed by atoms with Gasteiger partial charge in [-0.1, -0.05) is 43.3 Å². The number of carbonyl (C=O) groups excluding carboxylic acids is 1. The predicted octanol–water partition coefficient (Wildman–Crippen LogP) is 2.45. The number of nitrogens with zero attached hydrogens (tertiary/aromatic N) is 2. The van der Waals surface area contributed by atoms with Gasteiger partial charge in [0.1, 0.15) is 0 Å². The molecule has 6 heteroatoms. The van der Waals surface area contributed by atoms with Crippen molar-refractivity contribution in [3.8, 4) is 0 Å². The topological polar surface area (TPSA) is 83.7 Å². The van der Waals surface area contributed by atoms with Gasteiger partial charge in [0, 0.05) is 6.20 Å². The maximum absolute atomic E-state index is 12.7. The summed E-state index contributed by atoms with van der Waals surface area (Å²) in [5, 5.41) is 16.6. The van der Waals surface area contributed by atoms with E-state index in [0.29, 0.717) is 16.6 Å². The van der Waals surface area contributed by atoms with E-state index in [0.717, 1.165) is 0 Å². The molecule has 3 rings (SSSR count). The molecule has 0 saturated heterocycles. The van der Waals surface area contributed by atoms with Crippen molar-refractivity contribution < 1.29 is 14.7 Å². The summed E-state index contributed by atoms with van der Waals surface area (Å²) in [6.45, 7) is 1.73. The molecule has 3 aromatic rings. The Morgan fingerprint density at radius 2 is 1.88 bits per heavy atom. The first kappa shape index (κ1) is 15.7. The fourth-order valence-corrected chi connectivity index (χ4v) is 2.79. The van der Waals surface area contributed by atoms with E-state index in [2.05, 4.69) is 10.4 Å². The Bertz CT molecular complexity index is 889. The SMILES string of the molecule is CCC(NC(=O)c1cnn2ccccc12)(C(=O)O)c1ccccc1. The minimum atomic E-state index is -1.48. The molecule has 2 aromatic heterocycles. The third-order valence-electron chi connectivity index (χ3n) is 4.16. The second-order valence-electron chi connectivity index (χ2n) is 5.47. The molecule has 24 heavy (non-hydrogen) atoms. The summed E-state index contributed by atoms with van der Waals surface area (Å²) in [7, 11) is 0. The predicted molar refractivity (Wildman–Crippen MR) is 88.7 cm³/mol. The molecule has 6 nitrogen and oxygen atoms in total. The monoisotopic (exact) mass is 323 g/mol. The fraction of sp³-hybridized carbons (Fsp3) is 0.167. The number of hydrogen-bond donors (Lipinski definition) is 2. The quantitative estimate of drug-likeness (QED) is 0.755. The van der Waals surface area contributed by atoms with Crippen molar-refractivity contribution in [3.63, 3.8) is 0 Å². The summed E-state index contributed by atoms with van der Waals surface area (Å²) in [5.41, 5.74) is 0.00960. The number of rotatable bonds is 5. The van der Waals surface area contributed by atoms with Gasteiger partial charge in [-0.2, -0.15) is 5.10 Å². The summed E-state index contributed by atoms with van der Waals surface area (Å²) in [5.74, 6) is -1.56. The zero-order chi connectivity index (χ0) is 17.2. The smallest absolute Gasteiger partial charge is 0.334 e. The van der Waals surface area contributed by atoms with Crippen molar-refractivity contribution in [3.05, 3.63) is 72.1 Å². The van der Waals surface area contributed by atoms with Gasteiger partial charge in [0.15, 0.2) is 5.54 Å². The van der Waals surface area contributed by atoms with Crippen molar-refractivity contribution >= 4 is 17.4 Å². The Morgan fingerprint density at radius 1 is 1.17 bits per heavy atom. The Hall–Kier alpha value is -3.15. The molecule has 1 aromatic carbocycles. The highest BCUT2D eigenvalue weighted by Gasteiger charge is 2.40. The van der Waals surface area contributed by atoms with Gasteiger partial charge in [-0.15, -0.1) is 0 Å². The molecule has 0 fully saturated rings. The van der Waals surface area contributed by atoms with Crippen LogP contribution in [0.15, 0.2) is 60.9 Å². The van der Waals surface area contributed by atoms with Crippen LogP contribution < -0.4 is 5.32 Å². The number of aliphatic carboxylic acids is 1. The lowest BCUT2D eigenvalue weighted by atomic mass is 9.87. The van der Waals surface area contributed by atoms with Crippen molar-refractivity contribution in [2.45, 2.75) is 18.9 Å². The Kier molecular flexibility index (Phi) is 4.04. The maximum atomic E-state index is 12.7. The van der Waals surface area contributed by atoms with Gasteiger partial charge in [0.2, 0.25) is 0 Å². The molecule has 0 spiro atoms. The van der Waals surface area contributed by atoms with Crippen molar-refractivity contribution in [1.82, 2.24) is 14.9 Å². The lowest BCUT2D eigenvalue weighted by Crippen LogP contribution is -2.51. The van der Waals surface area contributed by atoms with Gasteiger partial charge in [-0.3, -0.25) is 4.79 Å². The molecule has 0 aliphatic heterocycles. The summed E-state index contributed by atoms with van der Waals surface area (Å²) >= 11 is 0. The summed E-state index contributed by atoms with van der Waals surface area (Å²) in [6, 6.07) is 14.1. The van der Waals surface area contributed by atoms with E-state index in [9.17, 15) is 14.7 Å². The second kappa shape index (κ2) is 6.16. The number of carboxylic acids is 1. The van der Waals surface area contributed by atoms with Crippen LogP contribution in [0.5, 0.6) is 0 Å². The molecule has 0 aliphatic rings. The van der Waals surface area contributed by atoms with Crippen molar-refractivity contribution in [2.75, 3.05) is 0 Å². The van der Waals surface area contributed by atoms with Gasteiger partial charge < -0.3 is 10.4 Å². The molecule has 0 aliphatic carbocycles. The number of aromatic nitrogens is 2. The van der Waals surface area contributed by atoms with Crippen LogP contribution in [0.25, 0.3) is 5.52 Å². The van der Waals surface area contributed by atoms with Crippen LogP contribution in [0.1, 0.15) is 29.3 Å². The number of carboxylic acid groups (broad SMARTS) is 1. The van der Waals surface area contributed by atoms with Gasteiger partial charge in [-0.05, 0) is 24.1 Å². The van der Waals surface area contributed by atoms with Gasteiger partial charge in [-0.25, -0.2) is 9.31 Å². The van der Waals surface area contributed by atoms with Gasteiger partial charge in [0.25, 0.3) is 5.91 Å². The van der Waals surface area contributed by atoms with Crippen LogP contribution in [-0.2, 0) is 10.3 Å². The number of carbonyl (C=O) groups is 2. The summed E-state index contributed by atoms with van der Waals surface area (Å²) in [4.78, 5) is 24.7. The van der Waals surface area contributed by atoms with E-state index in [1.165, 1.54) is 6.20 Å². The average molecular weight is 323 g/mol. The minimum Gasteiger partial charge on any atom is -0.479 e. The molecule has 1 unspecified atom stereocenters. The van der Waals surface area contributed by atoms with E-state index >= 15 is 0 Å².